The number of aromatic nitrogens is 2. The van der Waals surface area contributed by atoms with Gasteiger partial charge in [-0.1, -0.05) is 5.16 Å². The van der Waals surface area contributed by atoms with Gasteiger partial charge in [0, 0.05) is 11.6 Å². The van der Waals surface area contributed by atoms with E-state index >= 15 is 0 Å². The van der Waals surface area contributed by atoms with E-state index in [0.717, 1.165) is 0 Å². The van der Waals surface area contributed by atoms with E-state index in [1.807, 2.05) is 0 Å². The fourth-order valence-electron chi connectivity index (χ4n) is 1.62. The van der Waals surface area contributed by atoms with Crippen LogP contribution in [-0.4, -0.2) is 22.0 Å². The Kier molecular flexibility index (Phi) is 2.73. The van der Waals surface area contributed by atoms with Gasteiger partial charge < -0.3 is 23.8 Å². The van der Waals surface area contributed by atoms with E-state index < -0.39 is 0 Å². The van der Waals surface area contributed by atoms with Gasteiger partial charge in [-0.15, -0.1) is 0 Å². The van der Waals surface area contributed by atoms with Crippen molar-refractivity contribution in [2.75, 3.05) is 6.79 Å². The third-order valence-electron chi connectivity index (χ3n) is 2.49. The maximum atomic E-state index is 9.28. The summed E-state index contributed by atoms with van der Waals surface area (Å²) in [5.74, 6) is 2.13. The molecule has 0 saturated carbocycles. The fraction of sp³-hybridized carbons (Fsp3) is 0.273. The molecule has 0 saturated heterocycles. The molecule has 0 bridgehead atoms. The molecule has 1 aromatic heterocycles. The summed E-state index contributed by atoms with van der Waals surface area (Å²) in [4.78, 5) is 3.84. The first-order valence-corrected chi connectivity index (χ1v) is 5.28. The topological polar surface area (TPSA) is 86.8 Å². The van der Waals surface area contributed by atoms with Gasteiger partial charge in [0.25, 0.3) is 0 Å². The van der Waals surface area contributed by atoms with Crippen LogP contribution < -0.4 is 14.2 Å². The number of hydrogen-bond donors (Lipinski definition) is 1. The van der Waals surface area contributed by atoms with Gasteiger partial charge in [0.1, 0.15) is 5.75 Å². The molecule has 1 aromatic carbocycles. The highest BCUT2D eigenvalue weighted by Crippen LogP contribution is 2.38. The Bertz CT molecular complexity index is 541. The minimum absolute atomic E-state index is 0.155. The maximum absolute atomic E-state index is 9.28. The molecule has 1 aliphatic heterocycles. The zero-order valence-corrected chi connectivity index (χ0v) is 9.33. The molecule has 94 valence electrons. The van der Waals surface area contributed by atoms with Gasteiger partial charge in [0.2, 0.25) is 19.0 Å². The molecule has 0 amide bonds. The Morgan fingerprint density at radius 3 is 2.83 bits per heavy atom. The van der Waals surface area contributed by atoms with E-state index in [1.54, 1.807) is 12.1 Å². The first-order chi connectivity index (χ1) is 8.86. The number of nitrogens with zero attached hydrogens (tertiary/aromatic N) is 2. The van der Waals surface area contributed by atoms with Crippen LogP contribution in [0.15, 0.2) is 23.0 Å². The Hall–Kier alpha value is -2.28. The van der Waals surface area contributed by atoms with Crippen LogP contribution in [0.3, 0.4) is 0 Å². The highest BCUT2D eigenvalue weighted by atomic mass is 16.7. The van der Waals surface area contributed by atoms with Crippen LogP contribution >= 0.6 is 0 Å². The molecule has 7 heteroatoms. The van der Waals surface area contributed by atoms with E-state index in [-0.39, 0.29) is 20.0 Å². The Morgan fingerprint density at radius 2 is 2.11 bits per heavy atom. The Balaban J connectivity index is 1.82. The van der Waals surface area contributed by atoms with Gasteiger partial charge in [-0.2, -0.15) is 4.98 Å². The lowest BCUT2D eigenvalue weighted by molar-refractivity contribution is 0.173. The number of aliphatic hydroxyl groups is 1. The van der Waals surface area contributed by atoms with E-state index in [1.165, 1.54) is 6.39 Å². The summed E-state index contributed by atoms with van der Waals surface area (Å²) in [5, 5.41) is 12.9. The van der Waals surface area contributed by atoms with Gasteiger partial charge in [0.05, 0.1) is 6.61 Å². The summed E-state index contributed by atoms with van der Waals surface area (Å²) in [7, 11) is 0. The molecule has 0 radical (unpaired) electrons. The summed E-state index contributed by atoms with van der Waals surface area (Å²) in [6, 6.07) is 3.36. The van der Waals surface area contributed by atoms with Crippen molar-refractivity contribution >= 4 is 0 Å². The number of fused-ring (bicyclic) bond motifs is 1. The molecule has 0 spiro atoms. The maximum Gasteiger partial charge on any atom is 0.231 e. The average molecular weight is 250 g/mol. The van der Waals surface area contributed by atoms with Crippen LogP contribution in [0.1, 0.15) is 11.4 Å². The van der Waals surface area contributed by atoms with Gasteiger partial charge in [0.15, 0.2) is 18.1 Å². The molecule has 3 rings (SSSR count). The normalized spacial score (nSPS) is 12.7. The van der Waals surface area contributed by atoms with Crippen LogP contribution in [0, 0.1) is 0 Å². The molecule has 0 aliphatic carbocycles. The SMILES string of the molecule is OCc1cc2c(cc1OCc1ncon1)OCO2. The van der Waals surface area contributed by atoms with Gasteiger partial charge in [-0.3, -0.25) is 0 Å². The zero-order chi connectivity index (χ0) is 12.4. The molecule has 2 aromatic rings. The van der Waals surface area contributed by atoms with Crippen molar-refractivity contribution in [2.24, 2.45) is 0 Å². The van der Waals surface area contributed by atoms with Crippen molar-refractivity contribution in [3.63, 3.8) is 0 Å². The van der Waals surface area contributed by atoms with Crippen LogP contribution in [-0.2, 0) is 13.2 Å². The Labute approximate surface area is 102 Å². The lowest BCUT2D eigenvalue weighted by atomic mass is 10.2. The van der Waals surface area contributed by atoms with Crippen LogP contribution in [0.4, 0.5) is 0 Å². The average Bonchev–Trinajstić information content (AvgIpc) is 3.05. The summed E-state index contributed by atoms with van der Waals surface area (Å²) in [6.45, 7) is 0.176. The van der Waals surface area contributed by atoms with Gasteiger partial charge in [-0.05, 0) is 6.07 Å². The Morgan fingerprint density at radius 1 is 1.28 bits per heavy atom. The lowest BCUT2D eigenvalue weighted by Crippen LogP contribution is -2.00. The zero-order valence-electron chi connectivity index (χ0n) is 9.33. The highest BCUT2D eigenvalue weighted by Gasteiger charge is 2.18. The second-order valence-corrected chi connectivity index (χ2v) is 3.61. The van der Waals surface area contributed by atoms with E-state index in [2.05, 4.69) is 14.7 Å². The molecule has 18 heavy (non-hydrogen) atoms. The number of benzene rings is 1. The van der Waals surface area contributed by atoms with Gasteiger partial charge in [-0.25, -0.2) is 0 Å². The number of aliphatic hydroxyl groups excluding tert-OH is 1. The third-order valence-corrected chi connectivity index (χ3v) is 2.49. The molecule has 0 fully saturated rings. The first kappa shape index (κ1) is 10.8. The fourth-order valence-corrected chi connectivity index (χ4v) is 1.62. The number of ether oxygens (including phenoxy) is 3. The molecular formula is C11H10N2O5. The van der Waals surface area contributed by atoms with Crippen molar-refractivity contribution in [1.29, 1.82) is 0 Å². The van der Waals surface area contributed by atoms with Crippen LogP contribution in [0.2, 0.25) is 0 Å². The van der Waals surface area contributed by atoms with Crippen LogP contribution in [0.5, 0.6) is 17.2 Å². The monoisotopic (exact) mass is 250 g/mol. The minimum Gasteiger partial charge on any atom is -0.485 e. The quantitative estimate of drug-likeness (QED) is 0.861. The highest BCUT2D eigenvalue weighted by molar-refractivity contribution is 5.51. The van der Waals surface area contributed by atoms with Crippen molar-refractivity contribution in [3.8, 4) is 17.2 Å². The van der Waals surface area contributed by atoms with E-state index in [4.69, 9.17) is 14.2 Å². The summed E-state index contributed by atoms with van der Waals surface area (Å²) in [6.07, 6.45) is 1.23. The lowest BCUT2D eigenvalue weighted by Gasteiger charge is -2.09. The largest absolute Gasteiger partial charge is 0.485 e. The molecule has 0 unspecified atom stereocenters. The predicted octanol–water partition coefficient (Wildman–Crippen LogP) is 0.870. The van der Waals surface area contributed by atoms with Crippen LogP contribution in [0.25, 0.3) is 0 Å². The van der Waals surface area contributed by atoms with E-state index in [9.17, 15) is 5.11 Å². The molecular weight excluding hydrogens is 240 g/mol. The standard InChI is InChI=1S/C11H10N2O5/c14-3-7-1-9-10(17-6-16-9)2-8(7)15-4-11-12-5-18-13-11/h1-2,5,14H,3-4,6H2. The minimum atomic E-state index is -0.155. The first-order valence-electron chi connectivity index (χ1n) is 5.28. The summed E-state index contributed by atoms with van der Waals surface area (Å²) >= 11 is 0. The van der Waals surface area contributed by atoms with Crippen molar-refractivity contribution < 1.29 is 23.8 Å². The van der Waals surface area contributed by atoms with Gasteiger partial charge >= 0.3 is 0 Å². The molecule has 7 nitrogen and oxygen atoms in total. The summed E-state index contributed by atoms with van der Waals surface area (Å²) < 4.78 is 20.6. The molecule has 1 aliphatic rings. The second kappa shape index (κ2) is 4.53. The third kappa shape index (κ3) is 1.95. The molecule has 0 atom stereocenters. The van der Waals surface area contributed by atoms with Crippen molar-refractivity contribution in [1.82, 2.24) is 10.1 Å². The van der Waals surface area contributed by atoms with Crippen molar-refractivity contribution in [3.05, 3.63) is 29.9 Å². The second-order valence-electron chi connectivity index (χ2n) is 3.61. The van der Waals surface area contributed by atoms with Crippen molar-refractivity contribution in [2.45, 2.75) is 13.2 Å². The predicted molar refractivity (Wildman–Crippen MR) is 57.1 cm³/mol. The summed E-state index contributed by atoms with van der Waals surface area (Å²) in [5.41, 5.74) is 0.614. The number of hydrogen-bond acceptors (Lipinski definition) is 7. The van der Waals surface area contributed by atoms with E-state index in [0.29, 0.717) is 28.6 Å². The smallest absolute Gasteiger partial charge is 0.231 e. The molecule has 2 heterocycles. The molecule has 1 N–H and O–H groups in total. The number of rotatable bonds is 4.